The lowest BCUT2D eigenvalue weighted by molar-refractivity contribution is -0.0270. The fraction of sp³-hybridized carbons (Fsp3) is 1.00. The molecule has 0 unspecified atom stereocenters. The summed E-state index contributed by atoms with van der Waals surface area (Å²) >= 11 is 0. The zero-order valence-corrected chi connectivity index (χ0v) is 13.9. The van der Waals surface area contributed by atoms with Crippen molar-refractivity contribution in [2.24, 2.45) is 11.3 Å². The first-order chi connectivity index (χ1) is 9.42. The van der Waals surface area contributed by atoms with Gasteiger partial charge in [0.15, 0.2) is 0 Å². The molecule has 0 aromatic rings. The minimum atomic E-state index is -0.435. The molecule has 2 N–H and O–H groups in total. The van der Waals surface area contributed by atoms with Crippen molar-refractivity contribution in [3.63, 3.8) is 0 Å². The molecule has 0 amide bonds. The maximum Gasteiger partial charge on any atom is 0.0772 e. The van der Waals surface area contributed by atoms with Crippen molar-refractivity contribution < 1.29 is 5.11 Å². The molecule has 0 saturated heterocycles. The molecule has 2 saturated carbocycles. The van der Waals surface area contributed by atoms with Gasteiger partial charge < -0.3 is 10.4 Å². The predicted molar refractivity (Wildman–Crippen MR) is 85.9 cm³/mol. The Morgan fingerprint density at radius 3 is 2.15 bits per heavy atom. The van der Waals surface area contributed by atoms with E-state index in [0.717, 1.165) is 38.1 Å². The van der Waals surface area contributed by atoms with Gasteiger partial charge >= 0.3 is 0 Å². The first-order valence-corrected chi connectivity index (χ1v) is 8.88. The van der Waals surface area contributed by atoms with E-state index in [1.54, 1.807) is 0 Å². The van der Waals surface area contributed by atoms with Crippen molar-refractivity contribution in [3.8, 4) is 0 Å². The van der Waals surface area contributed by atoms with Crippen LogP contribution in [0.4, 0.5) is 0 Å². The Balaban J connectivity index is 1.68. The van der Waals surface area contributed by atoms with E-state index in [4.69, 9.17) is 0 Å². The normalized spacial score (nSPS) is 33.0. The van der Waals surface area contributed by atoms with Crippen LogP contribution in [0.2, 0.25) is 0 Å². The maximum absolute atomic E-state index is 10.7. The van der Waals surface area contributed by atoms with Gasteiger partial charge in [-0.15, -0.1) is 0 Å². The van der Waals surface area contributed by atoms with E-state index in [9.17, 15) is 5.11 Å². The van der Waals surface area contributed by atoms with E-state index >= 15 is 0 Å². The second kappa shape index (κ2) is 6.79. The quantitative estimate of drug-likeness (QED) is 0.789. The van der Waals surface area contributed by atoms with Crippen LogP contribution in [0.25, 0.3) is 0 Å². The molecule has 2 rings (SSSR count). The number of rotatable bonds is 5. The lowest BCUT2D eigenvalue weighted by Crippen LogP contribution is -2.48. The summed E-state index contributed by atoms with van der Waals surface area (Å²) in [5.74, 6) is 0.969. The van der Waals surface area contributed by atoms with Gasteiger partial charge in [-0.05, 0) is 62.7 Å². The van der Waals surface area contributed by atoms with E-state index in [2.05, 4.69) is 26.1 Å². The Bertz CT molecular complexity index is 282. The second-order valence-corrected chi connectivity index (χ2v) is 8.28. The van der Waals surface area contributed by atoms with E-state index in [1.807, 2.05) is 0 Å². The van der Waals surface area contributed by atoms with Gasteiger partial charge in [-0.25, -0.2) is 0 Å². The topological polar surface area (TPSA) is 32.3 Å². The summed E-state index contributed by atoms with van der Waals surface area (Å²) in [5.41, 5.74) is 0.000228. The highest BCUT2D eigenvalue weighted by atomic mass is 16.3. The molecular weight excluding hydrogens is 246 g/mol. The van der Waals surface area contributed by atoms with Gasteiger partial charge in [0.25, 0.3) is 0 Å². The van der Waals surface area contributed by atoms with Crippen LogP contribution >= 0.6 is 0 Å². The Morgan fingerprint density at radius 1 is 1.00 bits per heavy atom. The summed E-state index contributed by atoms with van der Waals surface area (Å²) in [7, 11) is 0. The third-order valence-electron chi connectivity index (χ3n) is 5.80. The molecule has 118 valence electrons. The van der Waals surface area contributed by atoms with Gasteiger partial charge in [0, 0.05) is 12.6 Å². The molecule has 0 spiro atoms. The average molecular weight is 281 g/mol. The standard InChI is InChI=1S/C18H35NO/c1-4-5-15-6-8-16(9-7-15)19-14-18(20)12-10-17(2,3)11-13-18/h15-16,19-20H,4-14H2,1-3H3. The van der Waals surface area contributed by atoms with Gasteiger partial charge in [0.1, 0.15) is 0 Å². The highest BCUT2D eigenvalue weighted by molar-refractivity contribution is 4.91. The van der Waals surface area contributed by atoms with E-state index < -0.39 is 5.60 Å². The lowest BCUT2D eigenvalue weighted by atomic mass is 9.71. The van der Waals surface area contributed by atoms with Gasteiger partial charge in [-0.2, -0.15) is 0 Å². The molecule has 0 bridgehead atoms. The van der Waals surface area contributed by atoms with Crippen LogP contribution in [-0.4, -0.2) is 23.3 Å². The molecule has 0 radical (unpaired) electrons. The Kier molecular flexibility index (Phi) is 5.53. The smallest absolute Gasteiger partial charge is 0.0772 e. The fourth-order valence-electron chi connectivity index (χ4n) is 3.97. The summed E-state index contributed by atoms with van der Waals surface area (Å²) in [6.45, 7) is 7.76. The van der Waals surface area contributed by atoms with E-state index in [-0.39, 0.29) is 0 Å². The van der Waals surface area contributed by atoms with Crippen molar-refractivity contribution in [2.75, 3.05) is 6.54 Å². The molecule has 0 aliphatic heterocycles. The molecule has 0 aromatic carbocycles. The third-order valence-corrected chi connectivity index (χ3v) is 5.80. The number of hydrogen-bond donors (Lipinski definition) is 2. The first-order valence-electron chi connectivity index (χ1n) is 8.88. The number of hydrogen-bond acceptors (Lipinski definition) is 2. The highest BCUT2D eigenvalue weighted by Crippen LogP contribution is 2.40. The second-order valence-electron chi connectivity index (χ2n) is 8.28. The monoisotopic (exact) mass is 281 g/mol. The predicted octanol–water partition coefficient (Wildman–Crippen LogP) is 4.27. The Hall–Kier alpha value is -0.0800. The molecular formula is C18H35NO. The molecule has 0 atom stereocenters. The molecule has 2 nitrogen and oxygen atoms in total. The van der Waals surface area contributed by atoms with Crippen molar-refractivity contribution in [2.45, 2.75) is 96.6 Å². The summed E-state index contributed by atoms with van der Waals surface area (Å²) < 4.78 is 0. The minimum Gasteiger partial charge on any atom is -0.389 e. The summed E-state index contributed by atoms with van der Waals surface area (Å²) in [4.78, 5) is 0. The van der Waals surface area contributed by atoms with E-state index in [0.29, 0.717) is 11.5 Å². The Morgan fingerprint density at radius 2 is 1.60 bits per heavy atom. The lowest BCUT2D eigenvalue weighted by Gasteiger charge is -2.41. The number of aliphatic hydroxyl groups is 1. The van der Waals surface area contributed by atoms with Crippen molar-refractivity contribution in [1.29, 1.82) is 0 Å². The van der Waals surface area contributed by atoms with Gasteiger partial charge in [-0.3, -0.25) is 0 Å². The Labute approximate surface area is 125 Å². The summed E-state index contributed by atoms with van der Waals surface area (Å²) in [6, 6.07) is 0.655. The summed E-state index contributed by atoms with van der Waals surface area (Å²) in [6.07, 6.45) is 12.4. The minimum absolute atomic E-state index is 0.435. The van der Waals surface area contributed by atoms with Crippen molar-refractivity contribution >= 4 is 0 Å². The fourth-order valence-corrected chi connectivity index (χ4v) is 3.97. The van der Waals surface area contributed by atoms with Crippen LogP contribution in [0.1, 0.15) is 85.0 Å². The molecule has 2 heteroatoms. The van der Waals surface area contributed by atoms with Crippen molar-refractivity contribution in [1.82, 2.24) is 5.32 Å². The molecule has 2 fully saturated rings. The molecule has 0 aromatic heterocycles. The maximum atomic E-state index is 10.7. The number of nitrogens with one attached hydrogen (secondary N) is 1. The largest absolute Gasteiger partial charge is 0.389 e. The zero-order chi connectivity index (χ0) is 14.6. The van der Waals surface area contributed by atoms with Crippen LogP contribution in [0, 0.1) is 11.3 Å². The van der Waals surface area contributed by atoms with Crippen LogP contribution in [0.3, 0.4) is 0 Å². The average Bonchev–Trinajstić information content (AvgIpc) is 2.43. The molecule has 2 aliphatic carbocycles. The van der Waals surface area contributed by atoms with Crippen LogP contribution in [0.15, 0.2) is 0 Å². The highest BCUT2D eigenvalue weighted by Gasteiger charge is 2.36. The van der Waals surface area contributed by atoms with Crippen molar-refractivity contribution in [3.05, 3.63) is 0 Å². The van der Waals surface area contributed by atoms with Crippen LogP contribution < -0.4 is 5.32 Å². The van der Waals surface area contributed by atoms with Crippen LogP contribution in [-0.2, 0) is 0 Å². The molecule has 0 heterocycles. The van der Waals surface area contributed by atoms with Gasteiger partial charge in [0.2, 0.25) is 0 Å². The zero-order valence-electron chi connectivity index (χ0n) is 13.9. The third kappa shape index (κ3) is 4.73. The van der Waals surface area contributed by atoms with E-state index in [1.165, 1.54) is 38.5 Å². The van der Waals surface area contributed by atoms with Gasteiger partial charge in [0.05, 0.1) is 5.60 Å². The first kappa shape index (κ1) is 16.3. The summed E-state index contributed by atoms with van der Waals surface area (Å²) in [5, 5.41) is 14.4. The SMILES string of the molecule is CCCC1CCC(NCC2(O)CCC(C)(C)CC2)CC1. The van der Waals surface area contributed by atoms with Crippen LogP contribution in [0.5, 0.6) is 0 Å². The molecule has 2 aliphatic rings. The molecule has 20 heavy (non-hydrogen) atoms. The van der Waals surface area contributed by atoms with Gasteiger partial charge in [-0.1, -0.05) is 33.6 Å².